The van der Waals surface area contributed by atoms with Gasteiger partial charge in [0.1, 0.15) is 0 Å². The van der Waals surface area contributed by atoms with E-state index in [4.69, 9.17) is 0 Å². The van der Waals surface area contributed by atoms with Gasteiger partial charge in [0.25, 0.3) is 5.56 Å². The molecule has 94 valence electrons. The summed E-state index contributed by atoms with van der Waals surface area (Å²) in [4.78, 5) is 27.3. The van der Waals surface area contributed by atoms with Crippen molar-refractivity contribution in [3.05, 3.63) is 21.6 Å². The fourth-order valence-electron chi connectivity index (χ4n) is 1.54. The zero-order valence-electron chi connectivity index (χ0n) is 10.1. The van der Waals surface area contributed by atoms with Gasteiger partial charge in [-0.05, 0) is 13.8 Å². The van der Waals surface area contributed by atoms with Crippen molar-refractivity contribution in [3.63, 3.8) is 0 Å². The Balaban J connectivity index is 3.39. The van der Waals surface area contributed by atoms with Crippen LogP contribution in [0.2, 0.25) is 0 Å². The summed E-state index contributed by atoms with van der Waals surface area (Å²) in [5.41, 5.74) is 1.24. The maximum absolute atomic E-state index is 11.9. The molecule has 1 atom stereocenters. The number of thiol groups is 1. The minimum Gasteiger partial charge on any atom is -0.394 e. The number of aromatic nitrogens is 2. The van der Waals surface area contributed by atoms with Gasteiger partial charge in [-0.1, -0.05) is 0 Å². The Hall–Kier alpha value is -1.50. The maximum Gasteiger partial charge on any atom is 0.326 e. The highest BCUT2D eigenvalue weighted by molar-refractivity contribution is 7.75. The number of carbonyl (C=O) groups is 1. The number of carbonyl (C=O) groups excluding carboxylic acids is 1. The molecule has 0 saturated heterocycles. The summed E-state index contributed by atoms with van der Waals surface area (Å²) in [6, 6.07) is 0. The standard InChI is InChI=1S/C10H15N3O3S/c1-5(10(15)16-17)8-7(6(2)11-3)9(14)13(4)12-8/h5,12,17H,1-4H3. The molecule has 7 heteroatoms. The third-order valence-corrected chi connectivity index (χ3v) is 2.83. The number of aromatic amines is 1. The van der Waals surface area contributed by atoms with Crippen molar-refractivity contribution in [3.8, 4) is 0 Å². The number of hydrogen-bond acceptors (Lipinski definition) is 5. The van der Waals surface area contributed by atoms with Gasteiger partial charge in [0.05, 0.1) is 17.2 Å². The van der Waals surface area contributed by atoms with Gasteiger partial charge in [-0.25, -0.2) is 0 Å². The molecule has 0 amide bonds. The zero-order chi connectivity index (χ0) is 13.2. The van der Waals surface area contributed by atoms with Crippen LogP contribution in [0.25, 0.3) is 0 Å². The van der Waals surface area contributed by atoms with Crippen molar-refractivity contribution in [2.24, 2.45) is 12.0 Å². The lowest BCUT2D eigenvalue weighted by atomic mass is 10.0. The largest absolute Gasteiger partial charge is 0.394 e. The molecular formula is C10H15N3O3S. The third kappa shape index (κ3) is 2.44. The molecule has 17 heavy (non-hydrogen) atoms. The van der Waals surface area contributed by atoms with Crippen LogP contribution < -0.4 is 5.56 Å². The van der Waals surface area contributed by atoms with Crippen molar-refractivity contribution in [2.75, 3.05) is 7.05 Å². The van der Waals surface area contributed by atoms with Crippen LogP contribution in [0.15, 0.2) is 9.79 Å². The van der Waals surface area contributed by atoms with Crippen molar-refractivity contribution in [2.45, 2.75) is 19.8 Å². The van der Waals surface area contributed by atoms with Crippen LogP contribution in [0.3, 0.4) is 0 Å². The average molecular weight is 257 g/mol. The highest BCUT2D eigenvalue weighted by Crippen LogP contribution is 2.18. The molecule has 0 aliphatic rings. The monoisotopic (exact) mass is 257 g/mol. The molecular weight excluding hydrogens is 242 g/mol. The molecule has 0 aliphatic carbocycles. The highest BCUT2D eigenvalue weighted by Gasteiger charge is 2.25. The topological polar surface area (TPSA) is 76.4 Å². The third-order valence-electron chi connectivity index (χ3n) is 2.65. The van der Waals surface area contributed by atoms with Crippen LogP contribution in [0.1, 0.15) is 31.0 Å². The predicted octanol–water partition coefficient (Wildman–Crippen LogP) is 0.644. The van der Waals surface area contributed by atoms with E-state index in [1.165, 1.54) is 4.68 Å². The number of nitrogens with one attached hydrogen (secondary N) is 1. The van der Waals surface area contributed by atoms with E-state index in [1.54, 1.807) is 27.9 Å². The second-order valence-electron chi connectivity index (χ2n) is 3.71. The first-order valence-electron chi connectivity index (χ1n) is 5.01. The Morgan fingerprint density at radius 1 is 1.59 bits per heavy atom. The van der Waals surface area contributed by atoms with Crippen molar-refractivity contribution in [1.82, 2.24) is 9.78 Å². The van der Waals surface area contributed by atoms with E-state index in [2.05, 4.69) is 27.2 Å². The predicted molar refractivity (Wildman–Crippen MR) is 67.7 cm³/mol. The molecule has 1 aromatic rings. The number of H-pyrrole nitrogens is 1. The van der Waals surface area contributed by atoms with Crippen molar-refractivity contribution < 1.29 is 8.98 Å². The number of aryl methyl sites for hydroxylation is 1. The Kier molecular flexibility index (Phi) is 4.17. The normalized spacial score (nSPS) is 13.6. The molecule has 0 aromatic carbocycles. The molecule has 0 bridgehead atoms. The van der Waals surface area contributed by atoms with Crippen molar-refractivity contribution in [1.29, 1.82) is 0 Å². The molecule has 0 fully saturated rings. The van der Waals surface area contributed by atoms with Gasteiger partial charge in [-0.2, -0.15) is 0 Å². The SMILES string of the molecule is CN=C(C)c1c(C(C)C(=O)OS)[nH]n(C)c1=O. The lowest BCUT2D eigenvalue weighted by Crippen LogP contribution is -2.19. The van der Waals surface area contributed by atoms with E-state index >= 15 is 0 Å². The fraction of sp³-hybridized carbons (Fsp3) is 0.500. The van der Waals surface area contributed by atoms with Crippen LogP contribution in [0.5, 0.6) is 0 Å². The highest BCUT2D eigenvalue weighted by atomic mass is 32.1. The maximum atomic E-state index is 11.9. The number of hydrogen-bond donors (Lipinski definition) is 2. The molecule has 1 rings (SSSR count). The summed E-state index contributed by atoms with van der Waals surface area (Å²) in [7, 11) is 3.17. The summed E-state index contributed by atoms with van der Waals surface area (Å²) < 4.78 is 5.68. The van der Waals surface area contributed by atoms with Crippen LogP contribution in [0.4, 0.5) is 0 Å². The quantitative estimate of drug-likeness (QED) is 0.474. The van der Waals surface area contributed by atoms with Crippen molar-refractivity contribution >= 4 is 24.6 Å². The lowest BCUT2D eigenvalue weighted by Gasteiger charge is -2.08. The summed E-state index contributed by atoms with van der Waals surface area (Å²) in [5, 5.41) is 2.83. The second kappa shape index (κ2) is 5.22. The van der Waals surface area contributed by atoms with E-state index in [-0.39, 0.29) is 5.56 Å². The first kappa shape index (κ1) is 13.6. The van der Waals surface area contributed by atoms with Gasteiger partial charge in [0, 0.05) is 32.7 Å². The van der Waals surface area contributed by atoms with Crippen LogP contribution in [-0.2, 0) is 16.0 Å². The molecule has 6 nitrogen and oxygen atoms in total. The minimum atomic E-state index is -0.604. The van der Waals surface area contributed by atoms with E-state index in [0.29, 0.717) is 17.0 Å². The summed E-state index contributed by atoms with van der Waals surface area (Å²) in [6.07, 6.45) is 0. The zero-order valence-corrected chi connectivity index (χ0v) is 11.0. The molecule has 0 saturated carbocycles. The molecule has 1 unspecified atom stereocenters. The summed E-state index contributed by atoms with van der Waals surface area (Å²) in [6.45, 7) is 3.35. The molecule has 0 radical (unpaired) electrons. The van der Waals surface area contributed by atoms with Crippen LogP contribution >= 0.6 is 12.9 Å². The smallest absolute Gasteiger partial charge is 0.326 e. The molecule has 1 aromatic heterocycles. The number of aliphatic imine (C=N–C) groups is 1. The van der Waals surface area contributed by atoms with Crippen LogP contribution in [0, 0.1) is 0 Å². The molecule has 1 N–H and O–H groups in total. The number of rotatable bonds is 3. The van der Waals surface area contributed by atoms with Gasteiger partial charge in [0.2, 0.25) is 0 Å². The minimum absolute atomic E-state index is 0.220. The summed E-state index contributed by atoms with van der Waals surface area (Å²) in [5.74, 6) is -1.13. The Labute approximate surface area is 104 Å². The molecule has 1 heterocycles. The van der Waals surface area contributed by atoms with Gasteiger partial charge >= 0.3 is 5.97 Å². The fourth-order valence-corrected chi connectivity index (χ4v) is 1.70. The van der Waals surface area contributed by atoms with Gasteiger partial charge in [-0.15, -0.1) is 0 Å². The van der Waals surface area contributed by atoms with Gasteiger partial charge in [-0.3, -0.25) is 24.4 Å². The van der Waals surface area contributed by atoms with E-state index in [0.717, 1.165) is 0 Å². The van der Waals surface area contributed by atoms with Gasteiger partial charge < -0.3 is 4.18 Å². The van der Waals surface area contributed by atoms with E-state index in [1.807, 2.05) is 0 Å². The Morgan fingerprint density at radius 2 is 2.18 bits per heavy atom. The lowest BCUT2D eigenvalue weighted by molar-refractivity contribution is -0.134. The van der Waals surface area contributed by atoms with E-state index < -0.39 is 11.9 Å². The number of nitrogens with zero attached hydrogens (tertiary/aromatic N) is 2. The van der Waals surface area contributed by atoms with Crippen LogP contribution in [-0.4, -0.2) is 28.5 Å². The molecule has 0 aliphatic heterocycles. The average Bonchev–Trinajstić information content (AvgIpc) is 2.63. The first-order valence-corrected chi connectivity index (χ1v) is 5.38. The van der Waals surface area contributed by atoms with Gasteiger partial charge in [0.15, 0.2) is 0 Å². The van der Waals surface area contributed by atoms with E-state index in [9.17, 15) is 9.59 Å². The molecule has 0 spiro atoms. The first-order chi connectivity index (χ1) is 7.93. The Morgan fingerprint density at radius 3 is 2.65 bits per heavy atom. The second-order valence-corrected chi connectivity index (χ2v) is 3.89. The Bertz CT molecular complexity index is 515. The summed E-state index contributed by atoms with van der Waals surface area (Å²) >= 11 is 3.47.